The minimum absolute atomic E-state index is 0.0754. The molecular formula is C9H9NO3. The van der Waals surface area contributed by atoms with E-state index in [1.807, 2.05) is 0 Å². The average Bonchev–Trinajstić information content (AvgIpc) is 2.71. The number of nitrogens with zero attached hydrogens (tertiary/aromatic N) is 1. The molecule has 4 nitrogen and oxygen atoms in total. The molecule has 0 saturated heterocycles. The standard InChI is InChI=1S/C9H9NO3/c11-6-7-2-1-3-8(10-7)9-12-4-5-13-9/h1-5,9,11H,6H2. The molecule has 1 aliphatic heterocycles. The van der Waals surface area contributed by atoms with Crippen molar-refractivity contribution < 1.29 is 14.6 Å². The van der Waals surface area contributed by atoms with Crippen LogP contribution in [0.3, 0.4) is 0 Å². The van der Waals surface area contributed by atoms with Crippen LogP contribution in [0.2, 0.25) is 0 Å². The first-order valence-corrected chi connectivity index (χ1v) is 3.93. The molecule has 2 heterocycles. The van der Waals surface area contributed by atoms with Crippen LogP contribution in [0, 0.1) is 0 Å². The summed E-state index contributed by atoms with van der Waals surface area (Å²) in [6, 6.07) is 5.33. The van der Waals surface area contributed by atoms with E-state index < -0.39 is 6.29 Å². The van der Waals surface area contributed by atoms with Crippen molar-refractivity contribution in [3.8, 4) is 0 Å². The van der Waals surface area contributed by atoms with E-state index in [2.05, 4.69) is 4.98 Å². The Labute approximate surface area is 75.4 Å². The third-order valence-corrected chi connectivity index (χ3v) is 1.69. The van der Waals surface area contributed by atoms with E-state index >= 15 is 0 Å². The van der Waals surface area contributed by atoms with Crippen molar-refractivity contribution in [1.29, 1.82) is 0 Å². The van der Waals surface area contributed by atoms with Crippen LogP contribution in [0.25, 0.3) is 0 Å². The van der Waals surface area contributed by atoms with Crippen LogP contribution in [0.15, 0.2) is 30.7 Å². The van der Waals surface area contributed by atoms with E-state index in [1.54, 1.807) is 18.2 Å². The van der Waals surface area contributed by atoms with Gasteiger partial charge in [0.05, 0.1) is 12.3 Å². The zero-order valence-electron chi connectivity index (χ0n) is 6.88. The van der Waals surface area contributed by atoms with E-state index in [0.717, 1.165) is 0 Å². The van der Waals surface area contributed by atoms with Crippen LogP contribution >= 0.6 is 0 Å². The van der Waals surface area contributed by atoms with Crippen molar-refractivity contribution in [2.45, 2.75) is 12.9 Å². The highest BCUT2D eigenvalue weighted by molar-refractivity contribution is 5.12. The molecule has 0 bridgehead atoms. The smallest absolute Gasteiger partial charge is 0.283 e. The van der Waals surface area contributed by atoms with Crippen LogP contribution in [0.1, 0.15) is 17.7 Å². The Morgan fingerprint density at radius 3 is 2.77 bits per heavy atom. The SMILES string of the molecule is OCc1cccc(C2OC=CO2)n1. The summed E-state index contributed by atoms with van der Waals surface area (Å²) in [4.78, 5) is 4.13. The molecule has 1 N–H and O–H groups in total. The van der Waals surface area contributed by atoms with Gasteiger partial charge in [0.2, 0.25) is 0 Å². The molecule has 68 valence electrons. The van der Waals surface area contributed by atoms with Gasteiger partial charge in [-0.15, -0.1) is 0 Å². The summed E-state index contributed by atoms with van der Waals surface area (Å²) in [6.07, 6.45) is 2.47. The predicted octanol–water partition coefficient (Wildman–Crippen LogP) is 1.09. The Kier molecular flexibility index (Phi) is 2.14. The number of aromatic nitrogens is 1. The largest absolute Gasteiger partial charge is 0.454 e. The maximum atomic E-state index is 8.85. The summed E-state index contributed by atoms with van der Waals surface area (Å²) in [5.74, 6) is 0. The van der Waals surface area contributed by atoms with Crippen LogP contribution in [-0.2, 0) is 16.1 Å². The fourth-order valence-electron chi connectivity index (χ4n) is 1.10. The average molecular weight is 179 g/mol. The number of aliphatic hydroxyl groups excluding tert-OH is 1. The minimum Gasteiger partial charge on any atom is -0.454 e. The zero-order chi connectivity index (χ0) is 9.10. The van der Waals surface area contributed by atoms with Crippen LogP contribution in [0.4, 0.5) is 0 Å². The summed E-state index contributed by atoms with van der Waals surface area (Å²) in [5, 5.41) is 8.85. The maximum Gasteiger partial charge on any atom is 0.283 e. The number of hydrogen-bond donors (Lipinski definition) is 1. The van der Waals surface area contributed by atoms with Crippen molar-refractivity contribution >= 4 is 0 Å². The van der Waals surface area contributed by atoms with Crippen molar-refractivity contribution in [1.82, 2.24) is 4.98 Å². The van der Waals surface area contributed by atoms with Gasteiger partial charge in [0.1, 0.15) is 18.2 Å². The molecule has 1 aliphatic rings. The first-order chi connectivity index (χ1) is 6.40. The third kappa shape index (κ3) is 1.62. The second-order valence-corrected chi connectivity index (χ2v) is 2.59. The lowest BCUT2D eigenvalue weighted by Crippen LogP contribution is -2.02. The lowest BCUT2D eigenvalue weighted by molar-refractivity contribution is -0.0281. The Hall–Kier alpha value is -1.55. The molecule has 0 aliphatic carbocycles. The second-order valence-electron chi connectivity index (χ2n) is 2.59. The molecular weight excluding hydrogens is 170 g/mol. The summed E-state index contributed by atoms with van der Waals surface area (Å²) in [7, 11) is 0. The summed E-state index contributed by atoms with van der Waals surface area (Å²) in [6.45, 7) is -0.0754. The van der Waals surface area contributed by atoms with Crippen LogP contribution < -0.4 is 0 Å². The first kappa shape index (κ1) is 8.07. The van der Waals surface area contributed by atoms with Gasteiger partial charge in [-0.05, 0) is 12.1 Å². The number of rotatable bonds is 2. The molecule has 0 saturated carbocycles. The molecule has 0 spiro atoms. The van der Waals surface area contributed by atoms with Gasteiger partial charge in [-0.25, -0.2) is 4.98 Å². The summed E-state index contributed by atoms with van der Waals surface area (Å²) in [5.41, 5.74) is 1.27. The number of pyridine rings is 1. The van der Waals surface area contributed by atoms with Gasteiger partial charge in [-0.3, -0.25) is 0 Å². The van der Waals surface area contributed by atoms with Gasteiger partial charge in [-0.1, -0.05) is 6.07 Å². The molecule has 0 fully saturated rings. The van der Waals surface area contributed by atoms with Gasteiger partial charge in [0, 0.05) is 0 Å². The number of hydrogen-bond acceptors (Lipinski definition) is 4. The molecule has 0 radical (unpaired) electrons. The van der Waals surface area contributed by atoms with E-state index in [-0.39, 0.29) is 6.61 Å². The van der Waals surface area contributed by atoms with Gasteiger partial charge < -0.3 is 14.6 Å². The van der Waals surface area contributed by atoms with Gasteiger partial charge in [-0.2, -0.15) is 0 Å². The normalized spacial score (nSPS) is 15.5. The van der Waals surface area contributed by atoms with Crippen LogP contribution in [0.5, 0.6) is 0 Å². The van der Waals surface area contributed by atoms with Crippen LogP contribution in [-0.4, -0.2) is 10.1 Å². The Morgan fingerprint density at radius 1 is 1.31 bits per heavy atom. The summed E-state index contributed by atoms with van der Waals surface area (Å²) >= 11 is 0. The highest BCUT2D eigenvalue weighted by Gasteiger charge is 2.16. The molecule has 1 aromatic rings. The lowest BCUT2D eigenvalue weighted by atomic mass is 10.3. The van der Waals surface area contributed by atoms with E-state index in [4.69, 9.17) is 14.6 Å². The highest BCUT2D eigenvalue weighted by Crippen LogP contribution is 2.21. The van der Waals surface area contributed by atoms with E-state index in [1.165, 1.54) is 12.5 Å². The lowest BCUT2D eigenvalue weighted by Gasteiger charge is -2.09. The third-order valence-electron chi connectivity index (χ3n) is 1.69. The highest BCUT2D eigenvalue weighted by atomic mass is 16.7. The van der Waals surface area contributed by atoms with Gasteiger partial charge in [0.25, 0.3) is 6.29 Å². The molecule has 4 heteroatoms. The second kappa shape index (κ2) is 3.45. The Bertz CT molecular complexity index is 316. The Morgan fingerprint density at radius 2 is 2.08 bits per heavy atom. The molecule has 13 heavy (non-hydrogen) atoms. The molecule has 0 amide bonds. The maximum absolute atomic E-state index is 8.85. The fraction of sp³-hybridized carbons (Fsp3) is 0.222. The quantitative estimate of drug-likeness (QED) is 0.738. The molecule has 0 aromatic carbocycles. The van der Waals surface area contributed by atoms with E-state index in [0.29, 0.717) is 11.4 Å². The van der Waals surface area contributed by atoms with Crippen molar-refractivity contribution in [3.05, 3.63) is 42.1 Å². The van der Waals surface area contributed by atoms with Gasteiger partial charge >= 0.3 is 0 Å². The monoisotopic (exact) mass is 179 g/mol. The molecule has 2 rings (SSSR count). The van der Waals surface area contributed by atoms with Crippen molar-refractivity contribution in [2.75, 3.05) is 0 Å². The first-order valence-electron chi connectivity index (χ1n) is 3.93. The Balaban J connectivity index is 2.19. The van der Waals surface area contributed by atoms with Crippen molar-refractivity contribution in [2.24, 2.45) is 0 Å². The van der Waals surface area contributed by atoms with E-state index in [9.17, 15) is 0 Å². The molecule has 1 aromatic heterocycles. The predicted molar refractivity (Wildman–Crippen MR) is 44.2 cm³/mol. The van der Waals surface area contributed by atoms with Gasteiger partial charge in [0.15, 0.2) is 0 Å². The molecule has 0 unspecified atom stereocenters. The van der Waals surface area contributed by atoms with Crippen molar-refractivity contribution in [3.63, 3.8) is 0 Å². The fourth-order valence-corrected chi connectivity index (χ4v) is 1.10. The zero-order valence-corrected chi connectivity index (χ0v) is 6.88. The topological polar surface area (TPSA) is 51.6 Å². The molecule has 0 atom stereocenters. The number of ether oxygens (including phenoxy) is 2. The minimum atomic E-state index is -0.466. The summed E-state index contributed by atoms with van der Waals surface area (Å²) < 4.78 is 10.2. The number of aliphatic hydroxyl groups is 1.